The Morgan fingerprint density at radius 1 is 1.13 bits per heavy atom. The second kappa shape index (κ2) is 6.89. The zero-order chi connectivity index (χ0) is 17.0. The average Bonchev–Trinajstić information content (AvgIpc) is 2.48. The highest BCUT2D eigenvalue weighted by atomic mass is 35.5. The van der Waals surface area contributed by atoms with Gasteiger partial charge in [0.2, 0.25) is 0 Å². The molecule has 8 heteroatoms. The molecule has 23 heavy (non-hydrogen) atoms. The molecule has 2 aromatic carbocycles. The molecule has 6 nitrogen and oxygen atoms in total. The Hall–Kier alpha value is -2.25. The summed E-state index contributed by atoms with van der Waals surface area (Å²) in [5.74, 6) is 0. The molecule has 122 valence electrons. The number of rotatable bonds is 5. The van der Waals surface area contributed by atoms with E-state index >= 15 is 0 Å². The van der Waals surface area contributed by atoms with Crippen LogP contribution in [0.25, 0.3) is 0 Å². The van der Waals surface area contributed by atoms with Crippen LogP contribution in [0.3, 0.4) is 0 Å². The van der Waals surface area contributed by atoms with Gasteiger partial charge in [-0.2, -0.15) is 5.10 Å². The highest BCUT2D eigenvalue weighted by Gasteiger charge is 2.20. The summed E-state index contributed by atoms with van der Waals surface area (Å²) < 4.78 is 27.8. The Bertz CT molecular complexity index is 846. The summed E-state index contributed by atoms with van der Waals surface area (Å²) in [5, 5.41) is 4.33. The molecule has 0 bridgehead atoms. The molecule has 0 aliphatic carbocycles. The normalized spacial score (nSPS) is 10.9. The van der Waals surface area contributed by atoms with Gasteiger partial charge in [-0.15, -0.1) is 0 Å². The van der Waals surface area contributed by atoms with Gasteiger partial charge in [0.25, 0.3) is 10.0 Å². The molecule has 0 unspecified atom stereocenters. The summed E-state index contributed by atoms with van der Waals surface area (Å²) in [7, 11) is -3.88. The number of anilines is 3. The molecule has 0 amide bonds. The van der Waals surface area contributed by atoms with Gasteiger partial charge in [0.1, 0.15) is 4.90 Å². The second-order valence-electron chi connectivity index (χ2n) is 5.01. The van der Waals surface area contributed by atoms with E-state index in [2.05, 4.69) is 15.2 Å². The van der Waals surface area contributed by atoms with Gasteiger partial charge in [0.05, 0.1) is 16.4 Å². The maximum Gasteiger partial charge on any atom is 0.264 e. The first-order chi connectivity index (χ1) is 10.8. The fourth-order valence-corrected chi connectivity index (χ4v) is 3.28. The highest BCUT2D eigenvalue weighted by molar-refractivity contribution is 7.93. The molecule has 0 aromatic heterocycles. The molecular formula is C15H17ClN4O2S. The second-order valence-corrected chi connectivity index (χ2v) is 7.07. The summed E-state index contributed by atoms with van der Waals surface area (Å²) in [4.78, 5) is -0.0116. The summed E-state index contributed by atoms with van der Waals surface area (Å²) in [6.07, 6.45) is 0. The number of nitrogens with one attached hydrogen (secondary N) is 2. The lowest BCUT2D eigenvalue weighted by molar-refractivity contribution is 0.601. The molecule has 0 saturated heterocycles. The number of nitrogens with two attached hydrogens (primary N) is 1. The van der Waals surface area contributed by atoms with Crippen molar-refractivity contribution in [1.82, 2.24) is 0 Å². The molecule has 0 saturated carbocycles. The Balaban J connectivity index is 2.44. The summed E-state index contributed by atoms with van der Waals surface area (Å²) in [6.45, 7) is 3.58. The first kappa shape index (κ1) is 17.1. The van der Waals surface area contributed by atoms with E-state index in [1.807, 2.05) is 0 Å². The van der Waals surface area contributed by atoms with Crippen LogP contribution < -0.4 is 15.9 Å². The SMILES string of the molecule is CC(C)=NNc1ccc(N)cc1S(=O)(=O)Nc1ccccc1Cl. The number of halogens is 1. The van der Waals surface area contributed by atoms with Crippen LogP contribution in [0.15, 0.2) is 52.5 Å². The van der Waals surface area contributed by atoms with E-state index in [-0.39, 0.29) is 10.6 Å². The van der Waals surface area contributed by atoms with Crippen molar-refractivity contribution in [2.45, 2.75) is 18.7 Å². The number of hydrogen-bond acceptors (Lipinski definition) is 5. The Labute approximate surface area is 140 Å². The van der Waals surface area contributed by atoms with Crippen LogP contribution in [-0.4, -0.2) is 14.1 Å². The van der Waals surface area contributed by atoms with Crippen LogP contribution >= 0.6 is 11.6 Å². The molecule has 0 atom stereocenters. The molecule has 4 N–H and O–H groups in total. The van der Waals surface area contributed by atoms with Crippen molar-refractivity contribution in [2.75, 3.05) is 15.9 Å². The van der Waals surface area contributed by atoms with E-state index in [4.69, 9.17) is 17.3 Å². The molecular weight excluding hydrogens is 336 g/mol. The molecule has 0 radical (unpaired) electrons. The first-order valence-corrected chi connectivity index (χ1v) is 8.59. The van der Waals surface area contributed by atoms with Gasteiger partial charge < -0.3 is 5.73 Å². The number of sulfonamides is 1. The predicted octanol–water partition coefficient (Wildman–Crippen LogP) is 3.53. The third-order valence-electron chi connectivity index (χ3n) is 2.81. The zero-order valence-corrected chi connectivity index (χ0v) is 14.2. The molecule has 0 aliphatic rings. The minimum Gasteiger partial charge on any atom is -0.399 e. The summed E-state index contributed by atoms with van der Waals surface area (Å²) in [5.41, 5.74) is 10.1. The van der Waals surface area contributed by atoms with Gasteiger partial charge in [-0.1, -0.05) is 23.7 Å². The van der Waals surface area contributed by atoms with Crippen LogP contribution in [0.2, 0.25) is 5.02 Å². The van der Waals surface area contributed by atoms with Gasteiger partial charge >= 0.3 is 0 Å². The van der Waals surface area contributed by atoms with Gasteiger partial charge in [-0.25, -0.2) is 8.42 Å². The molecule has 0 fully saturated rings. The maximum absolute atomic E-state index is 12.7. The number of nitrogens with zero attached hydrogens (tertiary/aromatic N) is 1. The van der Waals surface area contributed by atoms with Crippen molar-refractivity contribution in [2.24, 2.45) is 5.10 Å². The Morgan fingerprint density at radius 2 is 1.83 bits per heavy atom. The van der Waals surface area contributed by atoms with Gasteiger partial charge in [0, 0.05) is 11.4 Å². The van der Waals surface area contributed by atoms with E-state index < -0.39 is 10.0 Å². The maximum atomic E-state index is 12.7. The van der Waals surface area contributed by atoms with Crippen LogP contribution in [0, 0.1) is 0 Å². The van der Waals surface area contributed by atoms with Crippen LogP contribution in [0.5, 0.6) is 0 Å². The van der Waals surface area contributed by atoms with E-state index in [0.29, 0.717) is 16.4 Å². The number of hydrogen-bond donors (Lipinski definition) is 3. The van der Waals surface area contributed by atoms with Gasteiger partial charge in [-0.3, -0.25) is 10.1 Å². The van der Waals surface area contributed by atoms with Crippen LogP contribution in [0.4, 0.5) is 17.1 Å². The van der Waals surface area contributed by atoms with Crippen molar-refractivity contribution in [1.29, 1.82) is 0 Å². The van der Waals surface area contributed by atoms with Crippen molar-refractivity contribution >= 4 is 44.4 Å². The standard InChI is InChI=1S/C15H17ClN4O2S/c1-10(2)18-19-14-8-7-11(17)9-15(14)23(21,22)20-13-6-4-3-5-12(13)16/h3-9,19-20H,17H2,1-2H3. The predicted molar refractivity (Wildman–Crippen MR) is 95.5 cm³/mol. The van der Waals surface area contributed by atoms with Crippen molar-refractivity contribution in [3.8, 4) is 0 Å². The minimum atomic E-state index is -3.88. The monoisotopic (exact) mass is 352 g/mol. The average molecular weight is 353 g/mol. The van der Waals surface area contributed by atoms with E-state index in [1.54, 1.807) is 50.2 Å². The number of benzene rings is 2. The lowest BCUT2D eigenvalue weighted by Crippen LogP contribution is -2.15. The minimum absolute atomic E-state index is 0.0116. The van der Waals surface area contributed by atoms with E-state index in [9.17, 15) is 8.42 Å². The first-order valence-electron chi connectivity index (χ1n) is 6.73. The van der Waals surface area contributed by atoms with Gasteiger partial charge in [0.15, 0.2) is 0 Å². The number of para-hydroxylation sites is 1. The summed E-state index contributed by atoms with van der Waals surface area (Å²) in [6, 6.07) is 11.1. The number of hydrazone groups is 1. The number of nitrogen functional groups attached to an aromatic ring is 1. The molecule has 0 spiro atoms. The van der Waals surface area contributed by atoms with Crippen molar-refractivity contribution in [3.05, 3.63) is 47.5 Å². The smallest absolute Gasteiger partial charge is 0.264 e. The fourth-order valence-electron chi connectivity index (χ4n) is 1.77. The van der Waals surface area contributed by atoms with Gasteiger partial charge in [-0.05, 0) is 44.2 Å². The fraction of sp³-hybridized carbons (Fsp3) is 0.133. The lowest BCUT2D eigenvalue weighted by atomic mass is 10.3. The molecule has 2 rings (SSSR count). The van der Waals surface area contributed by atoms with E-state index in [0.717, 1.165) is 5.71 Å². The third-order valence-corrected chi connectivity index (χ3v) is 4.55. The Kier molecular flexibility index (Phi) is 5.12. The molecule has 0 aliphatic heterocycles. The topological polar surface area (TPSA) is 96.6 Å². The lowest BCUT2D eigenvalue weighted by Gasteiger charge is -2.13. The largest absolute Gasteiger partial charge is 0.399 e. The summed E-state index contributed by atoms with van der Waals surface area (Å²) >= 11 is 6.00. The van der Waals surface area contributed by atoms with Crippen LogP contribution in [-0.2, 0) is 10.0 Å². The Morgan fingerprint density at radius 3 is 2.48 bits per heavy atom. The molecule has 2 aromatic rings. The zero-order valence-electron chi connectivity index (χ0n) is 12.7. The highest BCUT2D eigenvalue weighted by Crippen LogP contribution is 2.28. The van der Waals surface area contributed by atoms with Crippen molar-refractivity contribution in [3.63, 3.8) is 0 Å². The van der Waals surface area contributed by atoms with E-state index in [1.165, 1.54) is 6.07 Å². The van der Waals surface area contributed by atoms with Crippen LogP contribution in [0.1, 0.15) is 13.8 Å². The quantitative estimate of drug-likeness (QED) is 0.435. The molecule has 0 heterocycles. The third kappa shape index (κ3) is 4.37. The van der Waals surface area contributed by atoms with Crippen molar-refractivity contribution < 1.29 is 8.42 Å².